The molecule has 1 aliphatic carbocycles. The molecule has 5 nitrogen and oxygen atoms in total. The van der Waals surface area contributed by atoms with Crippen LogP contribution in [0.2, 0.25) is 0 Å². The van der Waals surface area contributed by atoms with Gasteiger partial charge in [0.1, 0.15) is 0 Å². The van der Waals surface area contributed by atoms with Gasteiger partial charge in [-0.05, 0) is 30.6 Å². The quantitative estimate of drug-likeness (QED) is 0.726. The van der Waals surface area contributed by atoms with Gasteiger partial charge in [0, 0.05) is 12.1 Å². The molecular formula is C15H28N2O3. The first-order chi connectivity index (χ1) is 9.17. The number of carboxylic acids is 1. The average Bonchev–Trinajstić information content (AvgIpc) is 2.60. The Balaban J connectivity index is 2.50. The van der Waals surface area contributed by atoms with Gasteiger partial charge in [0.25, 0.3) is 0 Å². The number of hydrogen-bond donors (Lipinski definition) is 3. The van der Waals surface area contributed by atoms with Gasteiger partial charge in [0.05, 0.1) is 6.42 Å². The zero-order chi connectivity index (χ0) is 15.3. The fraction of sp³-hybridized carbons (Fsp3) is 0.867. The van der Waals surface area contributed by atoms with E-state index in [9.17, 15) is 9.59 Å². The molecule has 20 heavy (non-hydrogen) atoms. The van der Waals surface area contributed by atoms with E-state index in [-0.39, 0.29) is 30.0 Å². The van der Waals surface area contributed by atoms with Gasteiger partial charge in [-0.1, -0.05) is 34.1 Å². The molecule has 0 aliphatic heterocycles. The molecule has 2 amide bonds. The molecule has 0 aromatic heterocycles. The first kappa shape index (κ1) is 16.8. The number of urea groups is 1. The molecule has 1 saturated carbocycles. The van der Waals surface area contributed by atoms with Crippen molar-refractivity contribution in [3.8, 4) is 0 Å². The molecule has 0 radical (unpaired) electrons. The van der Waals surface area contributed by atoms with E-state index in [4.69, 9.17) is 5.11 Å². The van der Waals surface area contributed by atoms with E-state index in [0.29, 0.717) is 12.3 Å². The van der Waals surface area contributed by atoms with Crippen molar-refractivity contribution in [1.29, 1.82) is 0 Å². The fourth-order valence-electron chi connectivity index (χ4n) is 2.88. The number of carboxylic acid groups (broad SMARTS) is 1. The second kappa shape index (κ2) is 6.95. The van der Waals surface area contributed by atoms with Crippen molar-refractivity contribution in [2.24, 2.45) is 11.3 Å². The van der Waals surface area contributed by atoms with Crippen LogP contribution in [0.1, 0.15) is 59.8 Å². The molecule has 3 unspecified atom stereocenters. The molecule has 1 rings (SSSR count). The number of amides is 2. The van der Waals surface area contributed by atoms with Crippen LogP contribution >= 0.6 is 0 Å². The highest BCUT2D eigenvalue weighted by Gasteiger charge is 2.27. The SMILES string of the molecule is CC1CCCC1NC(=O)NC(CC(=O)O)CC(C)(C)C. The third-order valence-electron chi connectivity index (χ3n) is 3.79. The molecule has 1 fully saturated rings. The van der Waals surface area contributed by atoms with Crippen LogP contribution in [0.4, 0.5) is 4.79 Å². The monoisotopic (exact) mass is 284 g/mol. The Bertz CT molecular complexity index is 350. The molecule has 0 bridgehead atoms. The van der Waals surface area contributed by atoms with E-state index >= 15 is 0 Å². The maximum atomic E-state index is 12.0. The van der Waals surface area contributed by atoms with Gasteiger partial charge in [-0.15, -0.1) is 0 Å². The summed E-state index contributed by atoms with van der Waals surface area (Å²) in [5.74, 6) is -0.380. The van der Waals surface area contributed by atoms with Crippen molar-refractivity contribution in [2.45, 2.75) is 71.9 Å². The minimum atomic E-state index is -0.881. The van der Waals surface area contributed by atoms with Crippen LogP contribution in [0.15, 0.2) is 0 Å². The molecule has 0 heterocycles. The molecule has 3 N–H and O–H groups in total. The Kier molecular flexibility index (Phi) is 5.84. The van der Waals surface area contributed by atoms with Crippen molar-refractivity contribution >= 4 is 12.0 Å². The largest absolute Gasteiger partial charge is 0.481 e. The molecule has 0 aromatic rings. The summed E-state index contributed by atoms with van der Waals surface area (Å²) in [7, 11) is 0. The molecule has 3 atom stereocenters. The van der Waals surface area contributed by atoms with Crippen LogP contribution < -0.4 is 10.6 Å². The van der Waals surface area contributed by atoms with Crippen LogP contribution in [-0.4, -0.2) is 29.2 Å². The summed E-state index contributed by atoms with van der Waals surface area (Å²) in [6, 6.07) is -0.349. The van der Waals surface area contributed by atoms with Crippen molar-refractivity contribution < 1.29 is 14.7 Å². The summed E-state index contributed by atoms with van der Waals surface area (Å²) < 4.78 is 0. The molecule has 1 aliphatic rings. The number of carbonyl (C=O) groups is 2. The average molecular weight is 284 g/mol. The minimum absolute atomic E-state index is 0.0198. The number of nitrogens with one attached hydrogen (secondary N) is 2. The zero-order valence-corrected chi connectivity index (χ0v) is 13.0. The summed E-state index contributed by atoms with van der Waals surface area (Å²) in [6.45, 7) is 8.27. The van der Waals surface area contributed by atoms with Gasteiger partial charge in [0.2, 0.25) is 0 Å². The summed E-state index contributed by atoms with van der Waals surface area (Å²) in [4.78, 5) is 22.9. The first-order valence-electron chi connectivity index (χ1n) is 7.46. The van der Waals surface area contributed by atoms with Gasteiger partial charge in [0.15, 0.2) is 0 Å². The Morgan fingerprint density at radius 3 is 2.40 bits per heavy atom. The minimum Gasteiger partial charge on any atom is -0.481 e. The number of aliphatic carboxylic acids is 1. The number of hydrogen-bond acceptors (Lipinski definition) is 2. The lowest BCUT2D eigenvalue weighted by molar-refractivity contribution is -0.137. The lowest BCUT2D eigenvalue weighted by Crippen LogP contribution is -2.48. The highest BCUT2D eigenvalue weighted by atomic mass is 16.4. The van der Waals surface area contributed by atoms with Crippen LogP contribution in [0, 0.1) is 11.3 Å². The first-order valence-corrected chi connectivity index (χ1v) is 7.46. The van der Waals surface area contributed by atoms with Crippen LogP contribution in [0.5, 0.6) is 0 Å². The molecule has 0 saturated heterocycles. The Morgan fingerprint density at radius 1 is 1.30 bits per heavy atom. The van der Waals surface area contributed by atoms with E-state index in [1.807, 2.05) is 20.8 Å². The van der Waals surface area contributed by atoms with Crippen LogP contribution in [0.3, 0.4) is 0 Å². The maximum Gasteiger partial charge on any atom is 0.315 e. The lowest BCUT2D eigenvalue weighted by atomic mass is 9.87. The van der Waals surface area contributed by atoms with Gasteiger partial charge in [-0.2, -0.15) is 0 Å². The highest BCUT2D eigenvalue weighted by molar-refractivity contribution is 5.76. The van der Waals surface area contributed by atoms with Gasteiger partial charge in [-0.3, -0.25) is 4.79 Å². The van der Waals surface area contributed by atoms with Gasteiger partial charge >= 0.3 is 12.0 Å². The van der Waals surface area contributed by atoms with Crippen molar-refractivity contribution in [2.75, 3.05) is 0 Å². The Labute approximate surface area is 121 Å². The predicted molar refractivity (Wildman–Crippen MR) is 78.6 cm³/mol. The van der Waals surface area contributed by atoms with Gasteiger partial charge in [-0.25, -0.2) is 4.79 Å². The summed E-state index contributed by atoms with van der Waals surface area (Å²) in [5, 5.41) is 14.7. The van der Waals surface area contributed by atoms with E-state index in [1.165, 1.54) is 0 Å². The summed E-state index contributed by atoms with van der Waals surface area (Å²) in [6.07, 6.45) is 3.91. The van der Waals surface area contributed by atoms with Crippen molar-refractivity contribution in [1.82, 2.24) is 10.6 Å². The fourth-order valence-corrected chi connectivity index (χ4v) is 2.88. The summed E-state index contributed by atoms with van der Waals surface area (Å²) >= 11 is 0. The second-order valence-corrected chi connectivity index (χ2v) is 7.19. The Morgan fingerprint density at radius 2 is 1.95 bits per heavy atom. The van der Waals surface area contributed by atoms with Crippen molar-refractivity contribution in [3.05, 3.63) is 0 Å². The second-order valence-electron chi connectivity index (χ2n) is 7.19. The lowest BCUT2D eigenvalue weighted by Gasteiger charge is -2.27. The molecule has 116 valence electrons. The molecule has 5 heteroatoms. The third-order valence-corrected chi connectivity index (χ3v) is 3.79. The predicted octanol–water partition coefficient (Wildman–Crippen LogP) is 2.75. The van der Waals surface area contributed by atoms with E-state index in [0.717, 1.165) is 19.3 Å². The van der Waals surface area contributed by atoms with E-state index in [1.54, 1.807) is 0 Å². The van der Waals surface area contributed by atoms with Crippen LogP contribution in [0.25, 0.3) is 0 Å². The normalized spacial score (nSPS) is 24.2. The maximum absolute atomic E-state index is 12.0. The molecule has 0 aromatic carbocycles. The molecular weight excluding hydrogens is 256 g/mol. The number of carbonyl (C=O) groups excluding carboxylic acids is 1. The standard InChI is InChI=1S/C15H28N2O3/c1-10-6-5-7-12(10)17-14(20)16-11(8-13(18)19)9-15(2,3)4/h10-12H,5-9H2,1-4H3,(H,18,19)(H2,16,17,20). The highest BCUT2D eigenvalue weighted by Crippen LogP contribution is 2.25. The smallest absolute Gasteiger partial charge is 0.315 e. The van der Waals surface area contributed by atoms with Crippen molar-refractivity contribution in [3.63, 3.8) is 0 Å². The molecule has 0 spiro atoms. The van der Waals surface area contributed by atoms with Gasteiger partial charge < -0.3 is 15.7 Å². The third kappa shape index (κ3) is 6.26. The zero-order valence-electron chi connectivity index (χ0n) is 13.0. The topological polar surface area (TPSA) is 78.4 Å². The van der Waals surface area contributed by atoms with E-state index < -0.39 is 5.97 Å². The van der Waals surface area contributed by atoms with Crippen LogP contribution in [-0.2, 0) is 4.79 Å². The van der Waals surface area contributed by atoms with E-state index in [2.05, 4.69) is 17.6 Å². The number of rotatable bonds is 5. The Hall–Kier alpha value is -1.26. The summed E-state index contributed by atoms with van der Waals surface area (Å²) in [5.41, 5.74) is -0.0198.